The number of rotatable bonds is 3. The second-order valence-corrected chi connectivity index (χ2v) is 5.39. The Morgan fingerprint density at radius 1 is 1.32 bits per heavy atom. The van der Waals surface area contributed by atoms with Gasteiger partial charge in [0.15, 0.2) is 23.0 Å². The number of nitrogens with zero attached hydrogens (tertiary/aromatic N) is 3. The first-order chi connectivity index (χ1) is 10.5. The van der Waals surface area contributed by atoms with Gasteiger partial charge in [-0.05, 0) is 12.5 Å². The Morgan fingerprint density at radius 2 is 2.00 bits per heavy atom. The first-order valence-corrected chi connectivity index (χ1v) is 7.09. The molecule has 0 atom stereocenters. The minimum atomic E-state index is -1.25. The lowest BCUT2D eigenvalue weighted by molar-refractivity contribution is -0.133. The SMILES string of the molecule is COc1nnc2c(Cl)c(C(=O)C3C(=O)CCCC3=O)ccn12. The van der Waals surface area contributed by atoms with Crippen LogP contribution in [0.1, 0.15) is 29.6 Å². The van der Waals surface area contributed by atoms with Gasteiger partial charge in [0.05, 0.1) is 12.1 Å². The molecule has 114 valence electrons. The van der Waals surface area contributed by atoms with Crippen molar-refractivity contribution in [2.24, 2.45) is 5.92 Å². The Morgan fingerprint density at radius 3 is 2.64 bits per heavy atom. The lowest BCUT2D eigenvalue weighted by atomic mass is 9.82. The third-order valence-electron chi connectivity index (χ3n) is 3.69. The molecule has 2 aromatic rings. The molecule has 1 saturated carbocycles. The molecule has 7 nitrogen and oxygen atoms in total. The number of pyridine rings is 1. The van der Waals surface area contributed by atoms with Crippen LogP contribution >= 0.6 is 11.6 Å². The number of methoxy groups -OCH3 is 1. The van der Waals surface area contributed by atoms with Crippen LogP contribution in [-0.2, 0) is 9.59 Å². The molecule has 1 aliphatic carbocycles. The van der Waals surface area contributed by atoms with E-state index in [0.29, 0.717) is 6.42 Å². The van der Waals surface area contributed by atoms with Crippen LogP contribution in [0, 0.1) is 5.92 Å². The summed E-state index contributed by atoms with van der Waals surface area (Å²) in [5.74, 6) is -2.53. The Kier molecular flexibility index (Phi) is 3.66. The van der Waals surface area contributed by atoms with Crippen molar-refractivity contribution in [2.75, 3.05) is 7.11 Å². The zero-order valence-corrected chi connectivity index (χ0v) is 12.5. The molecule has 0 saturated heterocycles. The van der Waals surface area contributed by atoms with Crippen molar-refractivity contribution in [2.45, 2.75) is 19.3 Å². The van der Waals surface area contributed by atoms with Crippen LogP contribution in [0.4, 0.5) is 0 Å². The molecule has 2 heterocycles. The maximum absolute atomic E-state index is 12.5. The Bertz CT molecular complexity index is 783. The molecular weight excluding hydrogens is 310 g/mol. The number of hydrogen-bond acceptors (Lipinski definition) is 6. The van der Waals surface area contributed by atoms with Gasteiger partial charge in [0.2, 0.25) is 0 Å². The van der Waals surface area contributed by atoms with Crippen molar-refractivity contribution in [1.29, 1.82) is 0 Å². The van der Waals surface area contributed by atoms with Crippen molar-refractivity contribution in [1.82, 2.24) is 14.6 Å². The third-order valence-corrected chi connectivity index (χ3v) is 4.06. The van der Waals surface area contributed by atoms with Crippen LogP contribution < -0.4 is 4.74 Å². The summed E-state index contributed by atoms with van der Waals surface area (Å²) in [7, 11) is 1.43. The highest BCUT2D eigenvalue weighted by molar-refractivity contribution is 6.38. The van der Waals surface area contributed by atoms with Crippen molar-refractivity contribution in [3.8, 4) is 6.01 Å². The van der Waals surface area contributed by atoms with Gasteiger partial charge in [-0.15, -0.1) is 5.10 Å². The molecule has 0 aliphatic heterocycles. The number of carbonyl (C=O) groups excluding carboxylic acids is 3. The van der Waals surface area contributed by atoms with Gasteiger partial charge in [-0.25, -0.2) is 0 Å². The van der Waals surface area contributed by atoms with Crippen LogP contribution in [0.5, 0.6) is 6.01 Å². The minimum absolute atomic E-state index is 0.0504. The lowest BCUT2D eigenvalue weighted by Gasteiger charge is -2.18. The Labute approximate surface area is 130 Å². The van der Waals surface area contributed by atoms with Gasteiger partial charge in [-0.2, -0.15) is 0 Å². The molecule has 0 radical (unpaired) electrons. The lowest BCUT2D eigenvalue weighted by Crippen LogP contribution is -2.35. The van der Waals surface area contributed by atoms with E-state index in [-0.39, 0.29) is 46.7 Å². The summed E-state index contributed by atoms with van der Waals surface area (Å²) >= 11 is 6.20. The molecule has 3 rings (SSSR count). The zero-order chi connectivity index (χ0) is 15.9. The molecule has 0 amide bonds. The molecule has 0 N–H and O–H groups in total. The summed E-state index contributed by atoms with van der Waals surface area (Å²) < 4.78 is 6.49. The fraction of sp³-hybridized carbons (Fsp3) is 0.357. The van der Waals surface area contributed by atoms with Gasteiger partial charge in [0, 0.05) is 24.6 Å². The topological polar surface area (TPSA) is 90.6 Å². The summed E-state index contributed by atoms with van der Waals surface area (Å²) in [5, 5.41) is 7.68. The van der Waals surface area contributed by atoms with Crippen LogP contribution in [0.3, 0.4) is 0 Å². The quantitative estimate of drug-likeness (QED) is 0.628. The summed E-state index contributed by atoms with van der Waals surface area (Å²) in [4.78, 5) is 36.4. The van der Waals surface area contributed by atoms with Crippen molar-refractivity contribution < 1.29 is 19.1 Å². The standard InChI is InChI=1S/C14H12ClN3O4/c1-22-14-17-16-13-11(15)7(5-6-18(13)14)12(21)10-8(19)3-2-4-9(10)20/h5-6,10H,2-4H2,1H3. The number of halogens is 1. The molecule has 2 aromatic heterocycles. The number of hydrogen-bond donors (Lipinski definition) is 0. The van der Waals surface area contributed by atoms with Gasteiger partial charge in [0.25, 0.3) is 0 Å². The van der Waals surface area contributed by atoms with E-state index >= 15 is 0 Å². The number of Topliss-reactive ketones (excluding diaryl/α,β-unsaturated/α-hetero) is 3. The monoisotopic (exact) mass is 321 g/mol. The minimum Gasteiger partial charge on any atom is -0.467 e. The van der Waals surface area contributed by atoms with E-state index in [1.165, 1.54) is 23.8 Å². The Balaban J connectivity index is 2.06. The van der Waals surface area contributed by atoms with E-state index in [1.807, 2.05) is 0 Å². The van der Waals surface area contributed by atoms with Crippen LogP contribution in [0.2, 0.25) is 5.02 Å². The normalized spacial score (nSPS) is 16.3. The van der Waals surface area contributed by atoms with Crippen molar-refractivity contribution in [3.63, 3.8) is 0 Å². The smallest absolute Gasteiger partial charge is 0.321 e. The molecule has 22 heavy (non-hydrogen) atoms. The molecule has 0 bridgehead atoms. The second-order valence-electron chi connectivity index (χ2n) is 5.01. The highest BCUT2D eigenvalue weighted by atomic mass is 35.5. The van der Waals surface area contributed by atoms with E-state index in [4.69, 9.17) is 16.3 Å². The number of fused-ring (bicyclic) bond motifs is 1. The summed E-state index contributed by atoms with van der Waals surface area (Å²) in [6.07, 6.45) is 2.49. The molecule has 1 fully saturated rings. The largest absolute Gasteiger partial charge is 0.467 e. The highest BCUT2D eigenvalue weighted by Gasteiger charge is 2.37. The van der Waals surface area contributed by atoms with Gasteiger partial charge < -0.3 is 4.74 Å². The van der Waals surface area contributed by atoms with Gasteiger partial charge >= 0.3 is 6.01 Å². The van der Waals surface area contributed by atoms with Gasteiger partial charge in [0.1, 0.15) is 5.92 Å². The fourth-order valence-corrected chi connectivity index (χ4v) is 2.87. The zero-order valence-electron chi connectivity index (χ0n) is 11.7. The van der Waals surface area contributed by atoms with Crippen molar-refractivity contribution >= 4 is 34.6 Å². The maximum atomic E-state index is 12.5. The van der Waals surface area contributed by atoms with Gasteiger partial charge in [-0.1, -0.05) is 16.7 Å². The maximum Gasteiger partial charge on any atom is 0.321 e. The fourth-order valence-electron chi connectivity index (χ4n) is 2.59. The number of ether oxygens (including phenoxy) is 1. The third kappa shape index (κ3) is 2.18. The average Bonchev–Trinajstić information content (AvgIpc) is 2.91. The van der Waals surface area contributed by atoms with E-state index in [1.54, 1.807) is 0 Å². The average molecular weight is 322 g/mol. The molecule has 0 aromatic carbocycles. The molecule has 0 spiro atoms. The molecular formula is C14H12ClN3O4. The van der Waals surface area contributed by atoms with E-state index in [2.05, 4.69) is 10.2 Å². The summed E-state index contributed by atoms with van der Waals surface area (Å²) in [6.45, 7) is 0. The molecule has 0 unspecified atom stereocenters. The molecule has 8 heteroatoms. The van der Waals surface area contributed by atoms with Gasteiger partial charge in [-0.3, -0.25) is 18.8 Å². The summed E-state index contributed by atoms with van der Waals surface area (Å²) in [6, 6.07) is 1.67. The van der Waals surface area contributed by atoms with Crippen LogP contribution in [0.15, 0.2) is 12.3 Å². The molecule has 1 aliphatic rings. The predicted octanol–water partition coefficient (Wildman–Crippen LogP) is 1.51. The number of carbonyl (C=O) groups is 3. The van der Waals surface area contributed by atoms with E-state index in [9.17, 15) is 14.4 Å². The predicted molar refractivity (Wildman–Crippen MR) is 76.2 cm³/mol. The van der Waals surface area contributed by atoms with E-state index < -0.39 is 11.7 Å². The first kappa shape index (κ1) is 14.6. The van der Waals surface area contributed by atoms with Crippen LogP contribution in [0.25, 0.3) is 5.65 Å². The van der Waals surface area contributed by atoms with Crippen LogP contribution in [-0.4, -0.2) is 39.1 Å². The van der Waals surface area contributed by atoms with Crippen molar-refractivity contribution in [3.05, 3.63) is 22.8 Å². The number of aromatic nitrogens is 3. The Hall–Kier alpha value is -2.28. The summed E-state index contributed by atoms with van der Waals surface area (Å²) in [5.41, 5.74) is 0.331. The van der Waals surface area contributed by atoms with E-state index in [0.717, 1.165) is 0 Å². The number of ketones is 3. The first-order valence-electron chi connectivity index (χ1n) is 6.71. The second kappa shape index (κ2) is 5.49. The highest BCUT2D eigenvalue weighted by Crippen LogP contribution is 2.28.